The van der Waals surface area contributed by atoms with Gasteiger partial charge in [0.2, 0.25) is 0 Å². The monoisotopic (exact) mass is 337 g/mol. The first-order valence-electron chi connectivity index (χ1n) is 7.12. The summed E-state index contributed by atoms with van der Waals surface area (Å²) in [4.78, 5) is 5.21. The number of pyridine rings is 1. The third-order valence-corrected chi connectivity index (χ3v) is 4.62. The van der Waals surface area contributed by atoms with Gasteiger partial charge in [0, 0.05) is 39.5 Å². The maximum Gasteiger partial charge on any atom is 0.161 e. The SMILES string of the molecule is COc1ccc(-c2cncc(-c3cc(N)cs3)c2C#N)cc1OC. The Morgan fingerprint density at radius 3 is 2.46 bits per heavy atom. The first-order valence-corrected chi connectivity index (χ1v) is 8.00. The van der Waals surface area contributed by atoms with Gasteiger partial charge in [-0.25, -0.2) is 0 Å². The van der Waals surface area contributed by atoms with Crippen molar-refractivity contribution in [2.75, 3.05) is 20.0 Å². The Morgan fingerprint density at radius 2 is 1.83 bits per heavy atom. The lowest BCUT2D eigenvalue weighted by molar-refractivity contribution is 0.355. The zero-order valence-corrected chi connectivity index (χ0v) is 14.1. The summed E-state index contributed by atoms with van der Waals surface area (Å²) in [6.07, 6.45) is 3.37. The summed E-state index contributed by atoms with van der Waals surface area (Å²) < 4.78 is 10.6. The molecule has 0 saturated carbocycles. The highest BCUT2D eigenvalue weighted by Crippen LogP contribution is 2.37. The highest BCUT2D eigenvalue weighted by molar-refractivity contribution is 7.14. The first kappa shape index (κ1) is 15.8. The van der Waals surface area contributed by atoms with Crippen LogP contribution in [-0.2, 0) is 0 Å². The van der Waals surface area contributed by atoms with Crippen LogP contribution in [0.3, 0.4) is 0 Å². The number of hydrogen-bond donors (Lipinski definition) is 1. The maximum atomic E-state index is 9.70. The van der Waals surface area contributed by atoms with E-state index in [9.17, 15) is 5.26 Å². The minimum atomic E-state index is 0.555. The number of methoxy groups -OCH3 is 2. The van der Waals surface area contributed by atoms with Crippen LogP contribution in [0.5, 0.6) is 11.5 Å². The van der Waals surface area contributed by atoms with Gasteiger partial charge >= 0.3 is 0 Å². The van der Waals surface area contributed by atoms with Gasteiger partial charge in [0.25, 0.3) is 0 Å². The van der Waals surface area contributed by atoms with Crippen LogP contribution in [0.15, 0.2) is 42.0 Å². The van der Waals surface area contributed by atoms with Crippen molar-refractivity contribution >= 4 is 17.0 Å². The number of nitrogens with zero attached hydrogens (tertiary/aromatic N) is 2. The van der Waals surface area contributed by atoms with E-state index in [1.165, 1.54) is 11.3 Å². The van der Waals surface area contributed by atoms with E-state index in [-0.39, 0.29) is 0 Å². The zero-order chi connectivity index (χ0) is 17.1. The standard InChI is InChI=1S/C18H15N3O2S/c1-22-16-4-3-11(5-17(16)23-2)14-8-21-9-15(13(14)7-19)18-6-12(20)10-24-18/h3-6,8-10H,20H2,1-2H3. The largest absolute Gasteiger partial charge is 0.493 e. The molecule has 0 aliphatic heterocycles. The molecule has 0 atom stereocenters. The van der Waals surface area contributed by atoms with E-state index in [4.69, 9.17) is 15.2 Å². The number of ether oxygens (including phenoxy) is 2. The fourth-order valence-corrected chi connectivity index (χ4v) is 3.30. The van der Waals surface area contributed by atoms with Crippen molar-refractivity contribution in [3.8, 4) is 39.1 Å². The predicted molar refractivity (Wildman–Crippen MR) is 95.2 cm³/mol. The van der Waals surface area contributed by atoms with Gasteiger partial charge in [0.05, 0.1) is 19.8 Å². The van der Waals surface area contributed by atoms with E-state index < -0.39 is 0 Å². The Hall–Kier alpha value is -3.04. The molecule has 6 heteroatoms. The number of hydrogen-bond acceptors (Lipinski definition) is 6. The highest BCUT2D eigenvalue weighted by Gasteiger charge is 2.15. The smallest absolute Gasteiger partial charge is 0.161 e. The summed E-state index contributed by atoms with van der Waals surface area (Å²) in [7, 11) is 3.16. The van der Waals surface area contributed by atoms with Gasteiger partial charge in [0.1, 0.15) is 6.07 Å². The molecule has 0 spiro atoms. The lowest BCUT2D eigenvalue weighted by Crippen LogP contribution is -1.94. The highest BCUT2D eigenvalue weighted by atomic mass is 32.1. The van der Waals surface area contributed by atoms with Crippen LogP contribution in [0.2, 0.25) is 0 Å². The molecule has 0 bridgehead atoms. The minimum Gasteiger partial charge on any atom is -0.493 e. The quantitative estimate of drug-likeness (QED) is 0.779. The third-order valence-electron chi connectivity index (χ3n) is 3.64. The van der Waals surface area contributed by atoms with E-state index in [1.54, 1.807) is 26.6 Å². The van der Waals surface area contributed by atoms with E-state index in [0.29, 0.717) is 22.7 Å². The maximum absolute atomic E-state index is 9.70. The second kappa shape index (κ2) is 6.60. The van der Waals surface area contributed by atoms with Crippen molar-refractivity contribution in [3.63, 3.8) is 0 Å². The number of nitrogen functional groups attached to an aromatic ring is 1. The number of anilines is 1. The van der Waals surface area contributed by atoms with Gasteiger partial charge in [0.15, 0.2) is 11.5 Å². The fraction of sp³-hybridized carbons (Fsp3) is 0.111. The molecule has 3 aromatic rings. The summed E-state index contributed by atoms with van der Waals surface area (Å²) in [5.41, 5.74) is 9.38. The molecule has 24 heavy (non-hydrogen) atoms. The van der Waals surface area contributed by atoms with Crippen LogP contribution in [0.1, 0.15) is 5.56 Å². The first-order chi connectivity index (χ1) is 11.7. The lowest BCUT2D eigenvalue weighted by atomic mass is 9.98. The predicted octanol–water partition coefficient (Wildman–Crippen LogP) is 3.95. The molecule has 0 saturated heterocycles. The molecule has 0 radical (unpaired) electrons. The Kier molecular flexibility index (Phi) is 4.36. The molecule has 0 unspecified atom stereocenters. The van der Waals surface area contributed by atoms with Gasteiger partial charge in [-0.2, -0.15) is 5.26 Å². The molecular weight excluding hydrogens is 322 g/mol. The van der Waals surface area contributed by atoms with Crippen LogP contribution >= 0.6 is 11.3 Å². The van der Waals surface area contributed by atoms with Crippen molar-refractivity contribution in [1.82, 2.24) is 4.98 Å². The normalized spacial score (nSPS) is 10.2. The molecule has 120 valence electrons. The molecule has 2 aromatic heterocycles. The van der Waals surface area contributed by atoms with Crippen LogP contribution in [0.4, 0.5) is 5.69 Å². The van der Waals surface area contributed by atoms with Gasteiger partial charge in [-0.15, -0.1) is 11.3 Å². The van der Waals surface area contributed by atoms with Gasteiger partial charge in [-0.3, -0.25) is 4.98 Å². The summed E-state index contributed by atoms with van der Waals surface area (Å²) >= 11 is 1.49. The van der Waals surface area contributed by atoms with E-state index in [2.05, 4.69) is 11.1 Å². The summed E-state index contributed by atoms with van der Waals surface area (Å²) in [5.74, 6) is 1.24. The molecule has 2 N–H and O–H groups in total. The van der Waals surface area contributed by atoms with Crippen molar-refractivity contribution in [1.29, 1.82) is 5.26 Å². The van der Waals surface area contributed by atoms with Gasteiger partial charge in [-0.1, -0.05) is 6.07 Å². The van der Waals surface area contributed by atoms with E-state index in [0.717, 1.165) is 21.6 Å². The number of nitrogens with two attached hydrogens (primary N) is 1. The van der Waals surface area contributed by atoms with E-state index >= 15 is 0 Å². The minimum absolute atomic E-state index is 0.555. The molecule has 0 aliphatic rings. The van der Waals surface area contributed by atoms with Crippen LogP contribution < -0.4 is 15.2 Å². The van der Waals surface area contributed by atoms with Crippen LogP contribution in [-0.4, -0.2) is 19.2 Å². The zero-order valence-electron chi connectivity index (χ0n) is 13.2. The average molecular weight is 337 g/mol. The topological polar surface area (TPSA) is 81.2 Å². The second-order valence-electron chi connectivity index (χ2n) is 5.04. The van der Waals surface area contributed by atoms with Crippen LogP contribution in [0.25, 0.3) is 21.6 Å². The third kappa shape index (κ3) is 2.77. The number of nitriles is 1. The Labute approximate surface area is 143 Å². The number of benzene rings is 1. The molecule has 0 fully saturated rings. The molecule has 5 nitrogen and oxygen atoms in total. The number of rotatable bonds is 4. The van der Waals surface area contributed by atoms with Crippen molar-refractivity contribution in [2.45, 2.75) is 0 Å². The molecule has 2 heterocycles. The van der Waals surface area contributed by atoms with Crippen molar-refractivity contribution in [2.24, 2.45) is 0 Å². The van der Waals surface area contributed by atoms with E-state index in [1.807, 2.05) is 29.6 Å². The molecular formula is C18H15N3O2S. The second-order valence-corrected chi connectivity index (χ2v) is 5.95. The molecule has 1 aromatic carbocycles. The molecule has 3 rings (SSSR count). The Balaban J connectivity index is 2.17. The molecule has 0 aliphatic carbocycles. The van der Waals surface area contributed by atoms with Crippen molar-refractivity contribution < 1.29 is 9.47 Å². The fourth-order valence-electron chi connectivity index (χ4n) is 2.48. The molecule has 0 amide bonds. The Bertz CT molecular complexity index is 928. The number of thiophene rings is 1. The van der Waals surface area contributed by atoms with Gasteiger partial charge in [-0.05, 0) is 23.8 Å². The summed E-state index contributed by atoms with van der Waals surface area (Å²) in [5, 5.41) is 11.5. The Morgan fingerprint density at radius 1 is 1.08 bits per heavy atom. The lowest BCUT2D eigenvalue weighted by Gasteiger charge is -2.11. The van der Waals surface area contributed by atoms with Crippen molar-refractivity contribution in [3.05, 3.63) is 47.6 Å². The van der Waals surface area contributed by atoms with Gasteiger partial charge < -0.3 is 15.2 Å². The average Bonchev–Trinajstić information content (AvgIpc) is 3.06. The summed E-state index contributed by atoms with van der Waals surface area (Å²) in [6.45, 7) is 0. The summed E-state index contributed by atoms with van der Waals surface area (Å²) in [6, 6.07) is 9.67. The van der Waals surface area contributed by atoms with Crippen LogP contribution in [0, 0.1) is 11.3 Å². The number of aromatic nitrogens is 1.